The lowest BCUT2D eigenvalue weighted by Gasteiger charge is -2.11. The number of hydrogen-bond donors (Lipinski definition) is 2. The van der Waals surface area contributed by atoms with Gasteiger partial charge in [-0.2, -0.15) is 5.26 Å². The maximum atomic E-state index is 10.6. The molecule has 0 saturated carbocycles. The van der Waals surface area contributed by atoms with Crippen molar-refractivity contribution >= 4 is 39.4 Å². The van der Waals surface area contributed by atoms with Crippen molar-refractivity contribution in [3.8, 4) is 6.07 Å². The summed E-state index contributed by atoms with van der Waals surface area (Å²) in [4.78, 5) is 12.2. The number of nitrogens with zero attached hydrogens (tertiary/aromatic N) is 4. The van der Waals surface area contributed by atoms with Crippen molar-refractivity contribution < 1.29 is 5.11 Å². The average molecular weight is 404 g/mol. The normalized spacial score (nSPS) is 12.5. The fourth-order valence-electron chi connectivity index (χ4n) is 3.24. The largest absolute Gasteiger partial charge is 0.510 e. The third kappa shape index (κ3) is 3.84. The molecule has 29 heavy (non-hydrogen) atoms. The number of imidazole rings is 2. The van der Waals surface area contributed by atoms with Crippen LogP contribution in [0.4, 0.5) is 0 Å². The van der Waals surface area contributed by atoms with E-state index in [-0.39, 0.29) is 17.1 Å². The first kappa shape index (κ1) is 19.1. The standard InChI is InChI=1S/C22H21N5OS/c1-14(2)12-27-19-10-6-5-9-18(19)26-22(27)29-13-20(28)15(11-23)21-24-16-7-3-4-8-17(16)25-21/h3-10,14,28H,12-13H2,1-2H3,(H,24,25). The second-order valence-corrected chi connectivity index (χ2v) is 8.15. The van der Waals surface area contributed by atoms with Crippen molar-refractivity contribution in [3.05, 3.63) is 60.1 Å². The number of aliphatic hydroxyl groups excluding tert-OH is 1. The molecule has 7 heteroatoms. The zero-order valence-corrected chi connectivity index (χ0v) is 17.1. The predicted molar refractivity (Wildman–Crippen MR) is 117 cm³/mol. The third-order valence-corrected chi connectivity index (χ3v) is 5.52. The molecule has 4 aromatic rings. The number of nitriles is 1. The van der Waals surface area contributed by atoms with Crippen LogP contribution < -0.4 is 0 Å². The second kappa shape index (κ2) is 8.02. The summed E-state index contributed by atoms with van der Waals surface area (Å²) >= 11 is 1.42. The number of hydrogen-bond acceptors (Lipinski definition) is 5. The third-order valence-electron chi connectivity index (χ3n) is 4.53. The monoisotopic (exact) mass is 403 g/mol. The number of thioether (sulfide) groups is 1. The van der Waals surface area contributed by atoms with Crippen molar-refractivity contribution in [2.75, 3.05) is 5.75 Å². The molecule has 0 unspecified atom stereocenters. The highest BCUT2D eigenvalue weighted by Crippen LogP contribution is 2.28. The molecule has 2 aromatic heterocycles. The van der Waals surface area contributed by atoms with E-state index in [1.807, 2.05) is 42.5 Å². The number of para-hydroxylation sites is 4. The lowest BCUT2D eigenvalue weighted by atomic mass is 10.2. The maximum absolute atomic E-state index is 10.6. The quantitative estimate of drug-likeness (QED) is 0.264. The summed E-state index contributed by atoms with van der Waals surface area (Å²) in [6.45, 7) is 5.16. The van der Waals surface area contributed by atoms with Crippen LogP contribution >= 0.6 is 11.8 Å². The number of H-pyrrole nitrogens is 1. The first-order valence-electron chi connectivity index (χ1n) is 9.42. The van der Waals surface area contributed by atoms with Gasteiger partial charge in [0.2, 0.25) is 0 Å². The summed E-state index contributed by atoms with van der Waals surface area (Å²) in [5.41, 5.74) is 3.74. The zero-order valence-electron chi connectivity index (χ0n) is 16.3. The number of nitrogens with one attached hydrogen (secondary N) is 1. The molecule has 6 nitrogen and oxygen atoms in total. The summed E-state index contributed by atoms with van der Waals surface area (Å²) in [7, 11) is 0. The Balaban J connectivity index is 1.64. The minimum atomic E-state index is -0.0142. The van der Waals surface area contributed by atoms with Crippen molar-refractivity contribution in [1.82, 2.24) is 19.5 Å². The highest BCUT2D eigenvalue weighted by Gasteiger charge is 2.16. The molecule has 2 N–H and O–H groups in total. The Kier molecular flexibility index (Phi) is 5.28. The van der Waals surface area contributed by atoms with Gasteiger partial charge in [0.1, 0.15) is 17.4 Å². The molecule has 0 fully saturated rings. The van der Waals surface area contributed by atoms with E-state index in [9.17, 15) is 10.4 Å². The molecule has 0 atom stereocenters. The van der Waals surface area contributed by atoms with E-state index in [4.69, 9.17) is 4.98 Å². The molecule has 0 spiro atoms. The minimum absolute atomic E-state index is 0.0142. The molecule has 2 heterocycles. The van der Waals surface area contributed by atoms with Crippen LogP contribution in [0.5, 0.6) is 0 Å². The highest BCUT2D eigenvalue weighted by atomic mass is 32.2. The molecule has 2 aromatic carbocycles. The van der Waals surface area contributed by atoms with Crippen LogP contribution in [0, 0.1) is 17.2 Å². The Labute approximate surface area is 172 Å². The lowest BCUT2D eigenvalue weighted by molar-refractivity contribution is 0.420. The fourth-order valence-corrected chi connectivity index (χ4v) is 4.14. The summed E-state index contributed by atoms with van der Waals surface area (Å²) in [6.07, 6.45) is 0. The van der Waals surface area contributed by atoms with Gasteiger partial charge < -0.3 is 14.7 Å². The topological polar surface area (TPSA) is 90.5 Å². The highest BCUT2D eigenvalue weighted by molar-refractivity contribution is 7.99. The van der Waals surface area contributed by atoms with Crippen molar-refractivity contribution in [3.63, 3.8) is 0 Å². The van der Waals surface area contributed by atoms with Gasteiger partial charge in [-0.25, -0.2) is 9.97 Å². The van der Waals surface area contributed by atoms with Crippen molar-refractivity contribution in [1.29, 1.82) is 5.26 Å². The van der Waals surface area contributed by atoms with Gasteiger partial charge >= 0.3 is 0 Å². The molecule has 0 amide bonds. The zero-order chi connectivity index (χ0) is 20.4. The number of aromatic nitrogens is 4. The van der Waals surface area contributed by atoms with E-state index in [0.717, 1.165) is 33.8 Å². The first-order valence-corrected chi connectivity index (χ1v) is 10.4. The van der Waals surface area contributed by atoms with E-state index in [0.29, 0.717) is 11.7 Å². The predicted octanol–water partition coefficient (Wildman–Crippen LogP) is 5.15. The molecule has 0 bridgehead atoms. The Morgan fingerprint density at radius 3 is 2.59 bits per heavy atom. The van der Waals surface area contributed by atoms with Crippen molar-refractivity contribution in [2.45, 2.75) is 25.5 Å². The second-order valence-electron chi connectivity index (χ2n) is 7.21. The smallest absolute Gasteiger partial charge is 0.169 e. The van der Waals surface area contributed by atoms with Crippen LogP contribution in [0.1, 0.15) is 19.7 Å². The van der Waals surface area contributed by atoms with Crippen LogP contribution in [-0.4, -0.2) is 30.4 Å². The molecule has 0 aliphatic rings. The van der Waals surface area contributed by atoms with Crippen molar-refractivity contribution in [2.24, 2.45) is 5.92 Å². The summed E-state index contributed by atoms with van der Waals surface area (Å²) in [6, 6.07) is 17.6. The Morgan fingerprint density at radius 2 is 1.86 bits per heavy atom. The molecule has 146 valence electrons. The van der Waals surface area contributed by atoms with Gasteiger partial charge in [-0.1, -0.05) is 49.9 Å². The number of benzene rings is 2. The fraction of sp³-hybridized carbons (Fsp3) is 0.227. The number of allylic oxidation sites excluding steroid dienone is 1. The Morgan fingerprint density at radius 1 is 1.14 bits per heavy atom. The Hall–Kier alpha value is -3.24. The lowest BCUT2D eigenvalue weighted by Crippen LogP contribution is -2.06. The van der Waals surface area contributed by atoms with E-state index in [1.54, 1.807) is 0 Å². The number of aliphatic hydroxyl groups is 1. The van der Waals surface area contributed by atoms with Gasteiger partial charge in [0, 0.05) is 6.54 Å². The molecule has 0 aliphatic heterocycles. The first-order chi connectivity index (χ1) is 14.1. The molecular formula is C22H21N5OS. The number of aromatic amines is 1. The maximum Gasteiger partial charge on any atom is 0.169 e. The van der Waals surface area contributed by atoms with Gasteiger partial charge in [0.05, 0.1) is 27.8 Å². The van der Waals surface area contributed by atoms with E-state index < -0.39 is 0 Å². The molecule has 4 rings (SSSR count). The van der Waals surface area contributed by atoms with Crippen LogP contribution in [-0.2, 0) is 6.54 Å². The van der Waals surface area contributed by atoms with Gasteiger partial charge in [-0.3, -0.25) is 0 Å². The van der Waals surface area contributed by atoms with Crippen LogP contribution in [0.25, 0.3) is 27.6 Å². The number of rotatable bonds is 6. The summed E-state index contributed by atoms with van der Waals surface area (Å²) in [5, 5.41) is 21.1. The Bertz CT molecular complexity index is 1210. The molecule has 0 saturated heterocycles. The van der Waals surface area contributed by atoms with E-state index >= 15 is 0 Å². The van der Waals surface area contributed by atoms with Gasteiger partial charge in [-0.15, -0.1) is 0 Å². The van der Waals surface area contributed by atoms with Crippen LogP contribution in [0.15, 0.2) is 59.4 Å². The molecular weight excluding hydrogens is 382 g/mol. The van der Waals surface area contributed by atoms with Gasteiger partial charge in [0.15, 0.2) is 11.0 Å². The summed E-state index contributed by atoms with van der Waals surface area (Å²) < 4.78 is 2.17. The molecule has 0 radical (unpaired) electrons. The van der Waals surface area contributed by atoms with Gasteiger partial charge in [0.25, 0.3) is 0 Å². The van der Waals surface area contributed by atoms with E-state index in [1.165, 1.54) is 11.8 Å². The summed E-state index contributed by atoms with van der Waals surface area (Å²) in [5.74, 6) is 1.06. The minimum Gasteiger partial charge on any atom is -0.510 e. The number of fused-ring (bicyclic) bond motifs is 2. The van der Waals surface area contributed by atoms with Gasteiger partial charge in [-0.05, 0) is 30.2 Å². The van der Waals surface area contributed by atoms with Crippen LogP contribution in [0.2, 0.25) is 0 Å². The SMILES string of the molecule is CC(C)Cn1c(SCC(O)=C(C#N)c2nc3ccccc3[nH]2)nc2ccccc21. The molecule has 0 aliphatic carbocycles. The van der Waals surface area contributed by atoms with Crippen LogP contribution in [0.3, 0.4) is 0 Å². The van der Waals surface area contributed by atoms with E-state index in [2.05, 4.69) is 40.5 Å². The average Bonchev–Trinajstić information content (AvgIpc) is 3.28.